The Balaban J connectivity index is 1.58. The Labute approximate surface area is 187 Å². The molecule has 0 aliphatic carbocycles. The molecule has 0 amide bonds. The normalized spacial score (nSPS) is 10.8. The number of hydrogen-bond acceptors (Lipinski definition) is 5. The first-order valence-electron chi connectivity index (χ1n) is 9.13. The standard InChI is InChI=1S/C22H18BrClN4O2/c1-13-3-5-15(25-10-13)12-30-16-6-7-17(18(9-16)29-2)20-21(23)28-22(27-20)14-4-8-19(24)26-11-14/h3-11H,12H2,1-2H3,(H,27,28). The van der Waals surface area contributed by atoms with Crippen LogP contribution in [0.25, 0.3) is 22.6 Å². The van der Waals surface area contributed by atoms with Gasteiger partial charge in [-0.1, -0.05) is 17.7 Å². The van der Waals surface area contributed by atoms with Crippen LogP contribution in [0.5, 0.6) is 11.5 Å². The number of methoxy groups -OCH3 is 1. The predicted molar refractivity (Wildman–Crippen MR) is 120 cm³/mol. The van der Waals surface area contributed by atoms with E-state index in [2.05, 4.69) is 30.9 Å². The number of ether oxygens (including phenoxy) is 2. The SMILES string of the molecule is COc1cc(OCc2ccc(C)cn2)ccc1-c1nc(-c2ccc(Cl)nc2)[nH]c1Br. The molecule has 0 fully saturated rings. The number of benzene rings is 1. The maximum absolute atomic E-state index is 5.88. The van der Waals surface area contributed by atoms with Crippen LogP contribution in [-0.2, 0) is 6.61 Å². The highest BCUT2D eigenvalue weighted by Crippen LogP contribution is 2.37. The first-order chi connectivity index (χ1) is 14.5. The summed E-state index contributed by atoms with van der Waals surface area (Å²) >= 11 is 9.43. The lowest BCUT2D eigenvalue weighted by molar-refractivity contribution is 0.299. The molecule has 0 spiro atoms. The predicted octanol–water partition coefficient (Wildman–Crippen LogP) is 5.85. The Hall–Kier alpha value is -2.90. The third-order valence-electron chi connectivity index (χ3n) is 4.45. The van der Waals surface area contributed by atoms with Gasteiger partial charge in [-0.2, -0.15) is 0 Å². The molecule has 0 atom stereocenters. The summed E-state index contributed by atoms with van der Waals surface area (Å²) < 4.78 is 12.2. The minimum atomic E-state index is 0.378. The molecule has 0 saturated heterocycles. The topological polar surface area (TPSA) is 72.9 Å². The van der Waals surface area contributed by atoms with Gasteiger partial charge in [0.1, 0.15) is 39.4 Å². The van der Waals surface area contributed by atoms with Crippen molar-refractivity contribution in [1.82, 2.24) is 19.9 Å². The van der Waals surface area contributed by atoms with Crippen LogP contribution in [0.1, 0.15) is 11.3 Å². The van der Waals surface area contributed by atoms with Crippen LogP contribution in [0.3, 0.4) is 0 Å². The largest absolute Gasteiger partial charge is 0.496 e. The number of nitrogens with zero attached hydrogens (tertiary/aromatic N) is 3. The van der Waals surface area contributed by atoms with Gasteiger partial charge in [0.05, 0.1) is 12.8 Å². The zero-order valence-corrected chi connectivity index (χ0v) is 18.7. The van der Waals surface area contributed by atoms with E-state index in [9.17, 15) is 0 Å². The van der Waals surface area contributed by atoms with Crippen LogP contribution < -0.4 is 9.47 Å². The number of nitrogens with one attached hydrogen (secondary N) is 1. The fourth-order valence-electron chi connectivity index (χ4n) is 2.88. The van der Waals surface area contributed by atoms with Crippen LogP contribution in [0.4, 0.5) is 0 Å². The Morgan fingerprint density at radius 3 is 2.63 bits per heavy atom. The van der Waals surface area contributed by atoms with Crippen molar-refractivity contribution in [2.45, 2.75) is 13.5 Å². The van der Waals surface area contributed by atoms with Gasteiger partial charge in [-0.15, -0.1) is 0 Å². The van der Waals surface area contributed by atoms with Gasteiger partial charge in [0.15, 0.2) is 0 Å². The van der Waals surface area contributed by atoms with Crippen LogP contribution >= 0.6 is 27.5 Å². The first-order valence-corrected chi connectivity index (χ1v) is 10.3. The van der Waals surface area contributed by atoms with Crippen molar-refractivity contribution in [2.24, 2.45) is 0 Å². The highest BCUT2D eigenvalue weighted by Gasteiger charge is 2.16. The van der Waals surface area contributed by atoms with Crippen molar-refractivity contribution >= 4 is 27.5 Å². The van der Waals surface area contributed by atoms with E-state index in [1.54, 1.807) is 19.4 Å². The van der Waals surface area contributed by atoms with Crippen molar-refractivity contribution in [3.8, 4) is 34.1 Å². The lowest BCUT2D eigenvalue weighted by Gasteiger charge is -2.11. The van der Waals surface area contributed by atoms with E-state index < -0.39 is 0 Å². The summed E-state index contributed by atoms with van der Waals surface area (Å²) in [6, 6.07) is 13.2. The van der Waals surface area contributed by atoms with Crippen molar-refractivity contribution in [2.75, 3.05) is 7.11 Å². The molecule has 0 unspecified atom stereocenters. The van der Waals surface area contributed by atoms with E-state index in [-0.39, 0.29) is 0 Å². The van der Waals surface area contributed by atoms with Crippen molar-refractivity contribution in [3.63, 3.8) is 0 Å². The zero-order valence-electron chi connectivity index (χ0n) is 16.3. The monoisotopic (exact) mass is 484 g/mol. The summed E-state index contributed by atoms with van der Waals surface area (Å²) in [5.41, 5.74) is 4.36. The number of hydrogen-bond donors (Lipinski definition) is 1. The lowest BCUT2D eigenvalue weighted by Crippen LogP contribution is -1.99. The molecular formula is C22H18BrClN4O2. The molecule has 0 radical (unpaired) electrons. The van der Waals surface area contributed by atoms with Gasteiger partial charge < -0.3 is 14.5 Å². The zero-order chi connectivity index (χ0) is 21.1. The van der Waals surface area contributed by atoms with E-state index in [1.165, 1.54) is 0 Å². The van der Waals surface area contributed by atoms with Gasteiger partial charge in [0.25, 0.3) is 0 Å². The van der Waals surface area contributed by atoms with Crippen molar-refractivity contribution < 1.29 is 9.47 Å². The highest BCUT2D eigenvalue weighted by atomic mass is 79.9. The van der Waals surface area contributed by atoms with Crippen LogP contribution in [0.15, 0.2) is 59.5 Å². The molecule has 3 aromatic heterocycles. The Morgan fingerprint density at radius 1 is 1.07 bits per heavy atom. The number of halogens is 2. The second-order valence-corrected chi connectivity index (χ2v) is 7.78. The maximum Gasteiger partial charge on any atom is 0.140 e. The molecule has 4 aromatic rings. The molecule has 0 aliphatic heterocycles. The number of imidazole rings is 1. The fourth-order valence-corrected chi connectivity index (χ4v) is 3.48. The Bertz CT molecular complexity index is 1160. The lowest BCUT2D eigenvalue weighted by atomic mass is 10.1. The molecule has 0 bridgehead atoms. The van der Waals surface area contributed by atoms with E-state index in [1.807, 2.05) is 49.5 Å². The van der Waals surface area contributed by atoms with Crippen molar-refractivity contribution in [1.29, 1.82) is 0 Å². The van der Waals surface area contributed by atoms with E-state index in [0.29, 0.717) is 29.1 Å². The minimum Gasteiger partial charge on any atom is -0.496 e. The average molecular weight is 486 g/mol. The number of aryl methyl sites for hydroxylation is 1. The summed E-state index contributed by atoms with van der Waals surface area (Å²) in [7, 11) is 1.62. The number of H-pyrrole nitrogens is 1. The maximum atomic E-state index is 5.88. The third-order valence-corrected chi connectivity index (χ3v) is 5.25. The molecule has 4 rings (SSSR count). The van der Waals surface area contributed by atoms with E-state index in [0.717, 1.165) is 32.7 Å². The third kappa shape index (κ3) is 4.47. The molecular weight excluding hydrogens is 468 g/mol. The van der Waals surface area contributed by atoms with Gasteiger partial charge in [-0.25, -0.2) is 9.97 Å². The smallest absolute Gasteiger partial charge is 0.140 e. The summed E-state index contributed by atoms with van der Waals surface area (Å²) in [5.74, 6) is 2.01. The van der Waals surface area contributed by atoms with Gasteiger partial charge in [-0.3, -0.25) is 4.98 Å². The second-order valence-electron chi connectivity index (χ2n) is 6.60. The number of pyridine rings is 2. The summed E-state index contributed by atoms with van der Waals surface area (Å²) in [6.07, 6.45) is 3.50. The van der Waals surface area contributed by atoms with Gasteiger partial charge >= 0.3 is 0 Å². The number of aromatic nitrogens is 4. The molecule has 152 valence electrons. The highest BCUT2D eigenvalue weighted by molar-refractivity contribution is 9.10. The quantitative estimate of drug-likeness (QED) is 0.347. The van der Waals surface area contributed by atoms with Crippen molar-refractivity contribution in [3.05, 3.63) is 75.9 Å². The first kappa shape index (κ1) is 20.4. The molecule has 6 nitrogen and oxygen atoms in total. The van der Waals surface area contributed by atoms with E-state index in [4.69, 9.17) is 26.1 Å². The Morgan fingerprint density at radius 2 is 1.93 bits per heavy atom. The molecule has 0 aliphatic rings. The molecule has 0 saturated carbocycles. The number of aromatic amines is 1. The fraction of sp³-hybridized carbons (Fsp3) is 0.136. The molecule has 1 aromatic carbocycles. The summed E-state index contributed by atoms with van der Waals surface area (Å²) in [6.45, 7) is 2.38. The van der Waals surface area contributed by atoms with Crippen LogP contribution in [-0.4, -0.2) is 27.0 Å². The molecule has 8 heteroatoms. The molecule has 1 N–H and O–H groups in total. The molecule has 30 heavy (non-hydrogen) atoms. The van der Waals surface area contributed by atoms with Gasteiger partial charge in [0, 0.05) is 29.6 Å². The number of rotatable bonds is 6. The summed E-state index contributed by atoms with van der Waals surface area (Å²) in [4.78, 5) is 16.4. The average Bonchev–Trinajstić information content (AvgIpc) is 3.15. The van der Waals surface area contributed by atoms with Gasteiger partial charge in [-0.05, 0) is 58.7 Å². The van der Waals surface area contributed by atoms with Crippen LogP contribution in [0.2, 0.25) is 5.15 Å². The van der Waals surface area contributed by atoms with Gasteiger partial charge in [0.2, 0.25) is 0 Å². The Kier molecular flexibility index (Phi) is 6.01. The van der Waals surface area contributed by atoms with E-state index >= 15 is 0 Å². The minimum absolute atomic E-state index is 0.378. The van der Waals surface area contributed by atoms with Crippen LogP contribution in [0, 0.1) is 6.92 Å². The summed E-state index contributed by atoms with van der Waals surface area (Å²) in [5, 5.41) is 0.433. The molecule has 3 heterocycles. The second kappa shape index (κ2) is 8.85.